The number of amides is 1. The van der Waals surface area contributed by atoms with E-state index in [2.05, 4.69) is 5.32 Å². The van der Waals surface area contributed by atoms with Crippen LogP contribution < -0.4 is 5.32 Å². The number of carboxylic acid groups (broad SMARTS) is 1. The van der Waals surface area contributed by atoms with Crippen molar-refractivity contribution < 1.29 is 14.7 Å². The van der Waals surface area contributed by atoms with Gasteiger partial charge in [-0.2, -0.15) is 5.26 Å². The van der Waals surface area contributed by atoms with E-state index in [9.17, 15) is 14.9 Å². The number of hydrogen-bond donors (Lipinski definition) is 2. The molecule has 0 aliphatic carbocycles. The molecule has 0 aliphatic heterocycles. The van der Waals surface area contributed by atoms with Gasteiger partial charge in [-0.15, -0.1) is 0 Å². The highest BCUT2D eigenvalue weighted by molar-refractivity contribution is 6.31. The normalized spacial score (nSPS) is 10.9. The van der Waals surface area contributed by atoms with Crippen LogP contribution in [0, 0.1) is 11.3 Å². The highest BCUT2D eigenvalue weighted by atomic mass is 35.5. The molecule has 3 aromatic rings. The van der Waals surface area contributed by atoms with Crippen molar-refractivity contribution in [1.29, 1.82) is 5.26 Å². The standard InChI is InChI=1S/C21H14ClN3O3/c22-16-5-2-6-17(12-16)24-20(26)15(13-23)11-19-8-3-9-25(19)18-7-1-4-14(10-18)21(27)28/h1-12H,(H,24,26)(H,27,28)/b15-11+. The van der Waals surface area contributed by atoms with Crippen molar-refractivity contribution in [1.82, 2.24) is 4.57 Å². The number of nitrogens with zero attached hydrogens (tertiary/aromatic N) is 2. The number of benzene rings is 2. The zero-order valence-corrected chi connectivity index (χ0v) is 15.2. The van der Waals surface area contributed by atoms with Gasteiger partial charge in [0.25, 0.3) is 5.91 Å². The molecule has 7 heteroatoms. The maximum Gasteiger partial charge on any atom is 0.335 e. The maximum absolute atomic E-state index is 12.4. The number of nitrogens with one attached hydrogen (secondary N) is 1. The van der Waals surface area contributed by atoms with Crippen LogP contribution in [0.15, 0.2) is 72.4 Å². The number of carboxylic acids is 1. The number of carbonyl (C=O) groups is 2. The third-order valence-electron chi connectivity index (χ3n) is 3.89. The minimum absolute atomic E-state index is 0.102. The molecule has 2 N–H and O–H groups in total. The van der Waals surface area contributed by atoms with Crippen LogP contribution in [-0.4, -0.2) is 21.6 Å². The van der Waals surface area contributed by atoms with Crippen molar-refractivity contribution in [3.63, 3.8) is 0 Å². The predicted octanol–water partition coefficient (Wildman–Crippen LogP) is 4.37. The summed E-state index contributed by atoms with van der Waals surface area (Å²) < 4.78 is 1.69. The largest absolute Gasteiger partial charge is 0.478 e. The van der Waals surface area contributed by atoms with Gasteiger partial charge in [-0.25, -0.2) is 4.79 Å². The van der Waals surface area contributed by atoms with Crippen LogP contribution >= 0.6 is 11.6 Å². The Morgan fingerprint density at radius 1 is 1.11 bits per heavy atom. The predicted molar refractivity (Wildman–Crippen MR) is 106 cm³/mol. The highest BCUT2D eigenvalue weighted by Gasteiger charge is 2.12. The van der Waals surface area contributed by atoms with Gasteiger partial charge in [-0.05, 0) is 54.6 Å². The topological polar surface area (TPSA) is 95.1 Å². The van der Waals surface area contributed by atoms with Crippen LogP contribution in [0.5, 0.6) is 0 Å². The molecule has 0 fully saturated rings. The molecule has 0 spiro atoms. The third kappa shape index (κ3) is 4.29. The molecule has 0 bridgehead atoms. The number of halogens is 1. The van der Waals surface area contributed by atoms with Crippen LogP contribution in [0.1, 0.15) is 16.1 Å². The van der Waals surface area contributed by atoms with Gasteiger partial charge in [-0.1, -0.05) is 23.7 Å². The lowest BCUT2D eigenvalue weighted by Gasteiger charge is -2.09. The summed E-state index contributed by atoms with van der Waals surface area (Å²) in [4.78, 5) is 23.6. The number of anilines is 1. The van der Waals surface area contributed by atoms with E-state index in [1.54, 1.807) is 59.3 Å². The number of carbonyl (C=O) groups excluding carboxylic acids is 1. The Morgan fingerprint density at radius 2 is 1.89 bits per heavy atom. The van der Waals surface area contributed by atoms with Crippen LogP contribution in [0.3, 0.4) is 0 Å². The Hall–Kier alpha value is -3.82. The number of hydrogen-bond acceptors (Lipinski definition) is 3. The molecule has 0 aliphatic rings. The first-order valence-corrected chi connectivity index (χ1v) is 8.55. The van der Waals surface area contributed by atoms with Crippen molar-refractivity contribution >= 4 is 35.2 Å². The highest BCUT2D eigenvalue weighted by Crippen LogP contribution is 2.19. The number of nitriles is 1. The van der Waals surface area contributed by atoms with Gasteiger partial charge in [0.2, 0.25) is 0 Å². The monoisotopic (exact) mass is 391 g/mol. The van der Waals surface area contributed by atoms with Crippen molar-refractivity contribution in [2.24, 2.45) is 0 Å². The summed E-state index contributed by atoms with van der Waals surface area (Å²) in [6, 6.07) is 18.3. The average molecular weight is 392 g/mol. The van der Waals surface area contributed by atoms with Gasteiger partial charge in [0.05, 0.1) is 5.56 Å². The van der Waals surface area contributed by atoms with E-state index in [-0.39, 0.29) is 11.1 Å². The van der Waals surface area contributed by atoms with Crippen molar-refractivity contribution in [2.75, 3.05) is 5.32 Å². The third-order valence-corrected chi connectivity index (χ3v) is 4.13. The first-order valence-electron chi connectivity index (χ1n) is 8.18. The van der Waals surface area contributed by atoms with Crippen LogP contribution in [0.4, 0.5) is 5.69 Å². The Kier molecular flexibility index (Phi) is 5.58. The molecule has 1 amide bonds. The lowest BCUT2D eigenvalue weighted by molar-refractivity contribution is -0.112. The Balaban J connectivity index is 1.91. The fraction of sp³-hybridized carbons (Fsp3) is 0. The molecule has 2 aromatic carbocycles. The smallest absolute Gasteiger partial charge is 0.335 e. The van der Waals surface area contributed by atoms with Crippen LogP contribution in [0.2, 0.25) is 5.02 Å². The molecule has 1 aromatic heterocycles. The molecule has 3 rings (SSSR count). The van der Waals surface area contributed by atoms with E-state index in [1.165, 1.54) is 18.2 Å². The molecule has 1 heterocycles. The first kappa shape index (κ1) is 19.0. The van der Waals surface area contributed by atoms with Gasteiger partial charge >= 0.3 is 5.97 Å². The molecule has 0 saturated carbocycles. The summed E-state index contributed by atoms with van der Waals surface area (Å²) in [6.07, 6.45) is 3.16. The van der Waals surface area contributed by atoms with Crippen LogP contribution in [0.25, 0.3) is 11.8 Å². The first-order chi connectivity index (χ1) is 13.5. The maximum atomic E-state index is 12.4. The van der Waals surface area contributed by atoms with Gasteiger partial charge < -0.3 is 15.0 Å². The SMILES string of the molecule is N#C/C(=C\c1cccn1-c1cccc(C(=O)O)c1)C(=O)Nc1cccc(Cl)c1. The van der Waals surface area contributed by atoms with E-state index >= 15 is 0 Å². The molecule has 138 valence electrons. The van der Waals surface area contributed by atoms with Crippen molar-refractivity contribution in [2.45, 2.75) is 0 Å². The lowest BCUT2D eigenvalue weighted by Crippen LogP contribution is -2.13. The summed E-state index contributed by atoms with van der Waals surface area (Å²) in [6.45, 7) is 0. The van der Waals surface area contributed by atoms with E-state index in [4.69, 9.17) is 16.7 Å². The molecule has 0 atom stereocenters. The van der Waals surface area contributed by atoms with E-state index in [1.807, 2.05) is 6.07 Å². The molecule has 0 radical (unpaired) electrons. The van der Waals surface area contributed by atoms with Gasteiger partial charge in [0.15, 0.2) is 0 Å². The Bertz CT molecular complexity index is 1130. The van der Waals surface area contributed by atoms with Gasteiger partial charge in [-0.3, -0.25) is 4.79 Å². The fourth-order valence-electron chi connectivity index (χ4n) is 2.60. The second kappa shape index (κ2) is 8.25. The van der Waals surface area contributed by atoms with E-state index in [0.717, 1.165) is 0 Å². The summed E-state index contributed by atoms with van der Waals surface area (Å²) in [5.41, 5.74) is 1.67. The zero-order valence-electron chi connectivity index (χ0n) is 14.5. The molecule has 0 unspecified atom stereocenters. The number of aromatic carboxylic acids is 1. The molecule has 6 nitrogen and oxygen atoms in total. The average Bonchev–Trinajstić information content (AvgIpc) is 3.14. The minimum Gasteiger partial charge on any atom is -0.478 e. The molecular formula is C21H14ClN3O3. The fourth-order valence-corrected chi connectivity index (χ4v) is 2.79. The summed E-state index contributed by atoms with van der Waals surface area (Å²) >= 11 is 5.90. The van der Waals surface area contributed by atoms with E-state index in [0.29, 0.717) is 22.1 Å². The second-order valence-corrected chi connectivity index (χ2v) is 6.23. The second-order valence-electron chi connectivity index (χ2n) is 5.79. The Morgan fingerprint density at radius 3 is 2.61 bits per heavy atom. The quantitative estimate of drug-likeness (QED) is 0.498. The molecular weight excluding hydrogens is 378 g/mol. The van der Waals surface area contributed by atoms with Crippen molar-refractivity contribution in [3.05, 3.63) is 88.7 Å². The lowest BCUT2D eigenvalue weighted by atomic mass is 10.2. The van der Waals surface area contributed by atoms with Crippen LogP contribution in [-0.2, 0) is 4.79 Å². The Labute approximate surface area is 165 Å². The molecule has 28 heavy (non-hydrogen) atoms. The summed E-state index contributed by atoms with van der Waals surface area (Å²) in [5, 5.41) is 21.7. The van der Waals surface area contributed by atoms with E-state index < -0.39 is 11.9 Å². The molecule has 0 saturated heterocycles. The van der Waals surface area contributed by atoms with Gasteiger partial charge in [0, 0.05) is 28.3 Å². The summed E-state index contributed by atoms with van der Waals surface area (Å²) in [5.74, 6) is -1.61. The zero-order chi connectivity index (χ0) is 20.1. The van der Waals surface area contributed by atoms with Gasteiger partial charge in [0.1, 0.15) is 11.6 Å². The minimum atomic E-state index is -1.04. The van der Waals surface area contributed by atoms with Crippen molar-refractivity contribution in [3.8, 4) is 11.8 Å². The summed E-state index contributed by atoms with van der Waals surface area (Å²) in [7, 11) is 0. The number of aromatic nitrogens is 1. The number of rotatable bonds is 5.